The predicted octanol–water partition coefficient (Wildman–Crippen LogP) is 1.23. The van der Waals surface area contributed by atoms with Crippen LogP contribution >= 0.6 is 0 Å². The minimum Gasteiger partial charge on any atom is -0.343 e. The molecule has 1 amide bonds. The second-order valence-corrected chi connectivity index (χ2v) is 6.50. The second-order valence-electron chi connectivity index (χ2n) is 6.50. The molecule has 22 heavy (non-hydrogen) atoms. The largest absolute Gasteiger partial charge is 0.343 e. The average molecular weight is 304 g/mol. The Hall–Kier alpha value is -2.02. The van der Waals surface area contributed by atoms with E-state index in [2.05, 4.69) is 34.2 Å². The van der Waals surface area contributed by atoms with Crippen molar-refractivity contribution in [2.24, 2.45) is 11.7 Å². The molecule has 120 valence electrons. The molecule has 0 spiro atoms. The van der Waals surface area contributed by atoms with Crippen LogP contribution in [0.2, 0.25) is 0 Å². The fraction of sp³-hybridized carbons (Fsp3) is 0.600. The van der Waals surface area contributed by atoms with Crippen LogP contribution in [0.25, 0.3) is 5.78 Å². The van der Waals surface area contributed by atoms with Crippen molar-refractivity contribution >= 4 is 11.7 Å². The van der Waals surface area contributed by atoms with Crippen LogP contribution in [0.15, 0.2) is 6.07 Å². The van der Waals surface area contributed by atoms with Crippen LogP contribution in [-0.2, 0) is 0 Å². The third-order valence-corrected chi connectivity index (χ3v) is 3.55. The molecule has 1 unspecified atom stereocenters. The van der Waals surface area contributed by atoms with Crippen molar-refractivity contribution in [3.63, 3.8) is 0 Å². The summed E-state index contributed by atoms with van der Waals surface area (Å²) in [5, 5.41) is 7.20. The highest BCUT2D eigenvalue weighted by atomic mass is 16.2. The molecule has 0 aliphatic carbocycles. The van der Waals surface area contributed by atoms with Gasteiger partial charge in [-0.1, -0.05) is 13.8 Å². The van der Waals surface area contributed by atoms with Gasteiger partial charge in [0.1, 0.15) is 0 Å². The van der Waals surface area contributed by atoms with Crippen molar-refractivity contribution in [2.45, 2.75) is 46.6 Å². The third-order valence-electron chi connectivity index (χ3n) is 3.55. The van der Waals surface area contributed by atoms with E-state index < -0.39 is 5.54 Å². The number of carbonyl (C=O) groups excluding carboxylic acids is 1. The molecule has 0 radical (unpaired) electrons. The second kappa shape index (κ2) is 6.00. The van der Waals surface area contributed by atoms with E-state index in [4.69, 9.17) is 5.73 Å². The Morgan fingerprint density at radius 3 is 2.68 bits per heavy atom. The van der Waals surface area contributed by atoms with E-state index in [1.54, 1.807) is 4.52 Å². The molecule has 0 aliphatic rings. The first-order chi connectivity index (χ1) is 10.2. The molecule has 0 saturated carbocycles. The van der Waals surface area contributed by atoms with E-state index in [1.807, 2.05) is 26.8 Å². The number of amides is 1. The Kier molecular flexibility index (Phi) is 4.46. The molecular formula is C15H24N6O. The van der Waals surface area contributed by atoms with Gasteiger partial charge in [-0.3, -0.25) is 4.79 Å². The Balaban J connectivity index is 2.28. The van der Waals surface area contributed by atoms with Gasteiger partial charge in [0.05, 0.1) is 5.54 Å². The van der Waals surface area contributed by atoms with Gasteiger partial charge in [0, 0.05) is 17.9 Å². The van der Waals surface area contributed by atoms with Gasteiger partial charge in [0.2, 0.25) is 5.82 Å². The predicted molar refractivity (Wildman–Crippen MR) is 84.6 cm³/mol. The maximum Gasteiger partial charge on any atom is 0.291 e. The molecule has 7 nitrogen and oxygen atoms in total. The lowest BCUT2D eigenvalue weighted by molar-refractivity contribution is 0.0887. The molecule has 0 saturated heterocycles. The van der Waals surface area contributed by atoms with E-state index in [-0.39, 0.29) is 11.7 Å². The van der Waals surface area contributed by atoms with Gasteiger partial charge >= 0.3 is 0 Å². The molecule has 0 aromatic carbocycles. The van der Waals surface area contributed by atoms with Gasteiger partial charge < -0.3 is 11.1 Å². The first-order valence-electron chi connectivity index (χ1n) is 7.48. The van der Waals surface area contributed by atoms with Crippen LogP contribution in [0, 0.1) is 19.8 Å². The van der Waals surface area contributed by atoms with Gasteiger partial charge in [0.25, 0.3) is 11.7 Å². The first kappa shape index (κ1) is 16.4. The van der Waals surface area contributed by atoms with E-state index in [0.29, 0.717) is 18.2 Å². The van der Waals surface area contributed by atoms with E-state index in [1.165, 1.54) is 0 Å². The number of hydrogen-bond donors (Lipinski definition) is 2. The number of nitrogens with one attached hydrogen (secondary N) is 1. The minimum atomic E-state index is -0.471. The third kappa shape index (κ3) is 3.41. The van der Waals surface area contributed by atoms with Crippen LogP contribution in [0.4, 0.5) is 0 Å². The van der Waals surface area contributed by atoms with E-state index >= 15 is 0 Å². The first-order valence-corrected chi connectivity index (χ1v) is 7.48. The van der Waals surface area contributed by atoms with Crippen LogP contribution in [0.5, 0.6) is 0 Å². The molecular weight excluding hydrogens is 280 g/mol. The van der Waals surface area contributed by atoms with Crippen LogP contribution in [-0.4, -0.2) is 37.6 Å². The van der Waals surface area contributed by atoms with E-state index in [0.717, 1.165) is 17.8 Å². The lowest BCUT2D eigenvalue weighted by atomic mass is 9.90. The number of carbonyl (C=O) groups is 1. The zero-order valence-electron chi connectivity index (χ0n) is 13.8. The van der Waals surface area contributed by atoms with Crippen LogP contribution < -0.4 is 11.1 Å². The van der Waals surface area contributed by atoms with Crippen molar-refractivity contribution in [2.75, 3.05) is 6.54 Å². The summed E-state index contributed by atoms with van der Waals surface area (Å²) in [6.07, 6.45) is 0.791. The van der Waals surface area contributed by atoms with Crippen LogP contribution in [0.3, 0.4) is 0 Å². The standard InChI is InChI=1S/C15H24N6O/c1-9(2)7-15(5,8-16)19-13(22)12-18-14-17-10(3)6-11(4)21(14)20-12/h6,9H,7-8,16H2,1-5H3,(H,19,22). The van der Waals surface area contributed by atoms with Crippen molar-refractivity contribution in [3.05, 3.63) is 23.3 Å². The van der Waals surface area contributed by atoms with Crippen molar-refractivity contribution in [3.8, 4) is 0 Å². The smallest absolute Gasteiger partial charge is 0.291 e. The van der Waals surface area contributed by atoms with Gasteiger partial charge in [0.15, 0.2) is 0 Å². The maximum atomic E-state index is 12.4. The topological polar surface area (TPSA) is 98.2 Å². The van der Waals surface area contributed by atoms with Crippen LogP contribution in [0.1, 0.15) is 49.2 Å². The molecule has 0 bridgehead atoms. The zero-order chi connectivity index (χ0) is 16.5. The lowest BCUT2D eigenvalue weighted by Gasteiger charge is -2.30. The Morgan fingerprint density at radius 2 is 2.09 bits per heavy atom. The molecule has 7 heteroatoms. The summed E-state index contributed by atoms with van der Waals surface area (Å²) in [6, 6.07) is 1.89. The summed E-state index contributed by atoms with van der Waals surface area (Å²) >= 11 is 0. The Labute approximate surface area is 130 Å². The van der Waals surface area contributed by atoms with Crippen molar-refractivity contribution < 1.29 is 4.79 Å². The molecule has 2 aromatic rings. The maximum absolute atomic E-state index is 12.4. The molecule has 3 N–H and O–H groups in total. The van der Waals surface area contributed by atoms with Gasteiger partial charge in [-0.05, 0) is 39.2 Å². The SMILES string of the molecule is Cc1cc(C)n2nc(C(=O)NC(C)(CN)CC(C)C)nc2n1. The number of hydrogen-bond acceptors (Lipinski definition) is 5. The fourth-order valence-electron chi connectivity index (χ4n) is 2.68. The number of aryl methyl sites for hydroxylation is 2. The summed E-state index contributed by atoms with van der Waals surface area (Å²) in [7, 11) is 0. The quantitative estimate of drug-likeness (QED) is 0.866. The fourth-order valence-corrected chi connectivity index (χ4v) is 2.68. The molecule has 2 aromatic heterocycles. The monoisotopic (exact) mass is 304 g/mol. The summed E-state index contributed by atoms with van der Waals surface area (Å²) in [6.45, 7) is 10.3. The van der Waals surface area contributed by atoms with Gasteiger partial charge in [-0.25, -0.2) is 9.50 Å². The highest BCUT2D eigenvalue weighted by molar-refractivity contribution is 5.91. The summed E-state index contributed by atoms with van der Waals surface area (Å²) in [4.78, 5) is 20.9. The number of rotatable bonds is 5. The van der Waals surface area contributed by atoms with Crippen molar-refractivity contribution in [1.29, 1.82) is 0 Å². The number of fused-ring (bicyclic) bond motifs is 1. The summed E-state index contributed by atoms with van der Waals surface area (Å²) < 4.78 is 1.57. The molecule has 2 heterocycles. The summed E-state index contributed by atoms with van der Waals surface area (Å²) in [5.74, 6) is 0.649. The average Bonchev–Trinajstić information content (AvgIpc) is 2.82. The Morgan fingerprint density at radius 1 is 1.41 bits per heavy atom. The molecule has 1 atom stereocenters. The molecule has 2 rings (SSSR count). The van der Waals surface area contributed by atoms with Crippen molar-refractivity contribution in [1.82, 2.24) is 24.9 Å². The zero-order valence-corrected chi connectivity index (χ0v) is 13.8. The number of nitrogens with zero attached hydrogens (tertiary/aromatic N) is 4. The minimum absolute atomic E-state index is 0.115. The summed E-state index contributed by atoms with van der Waals surface area (Å²) in [5.41, 5.74) is 7.09. The van der Waals surface area contributed by atoms with Gasteiger partial charge in [-0.2, -0.15) is 4.98 Å². The number of aromatic nitrogens is 4. The number of nitrogens with two attached hydrogens (primary N) is 1. The van der Waals surface area contributed by atoms with E-state index in [9.17, 15) is 4.79 Å². The lowest BCUT2D eigenvalue weighted by Crippen LogP contribution is -2.52. The molecule has 0 fully saturated rings. The normalized spacial score (nSPS) is 14.3. The highest BCUT2D eigenvalue weighted by Gasteiger charge is 2.28. The Bertz CT molecular complexity index is 693. The van der Waals surface area contributed by atoms with Gasteiger partial charge in [-0.15, -0.1) is 5.10 Å². The molecule has 0 aliphatic heterocycles. The highest BCUT2D eigenvalue weighted by Crippen LogP contribution is 2.16.